The molecule has 0 radical (unpaired) electrons. The van der Waals surface area contributed by atoms with Gasteiger partial charge in [-0.05, 0) is 37.0 Å². The fourth-order valence-electron chi connectivity index (χ4n) is 3.47. The number of carbonyl (C=O) groups is 1. The van der Waals surface area contributed by atoms with Gasteiger partial charge in [-0.1, -0.05) is 26.0 Å². The Hall–Kier alpha value is -2.34. The second-order valence-corrected chi connectivity index (χ2v) is 7.53. The average Bonchev–Trinajstić information content (AvgIpc) is 3.00. The number of ether oxygens (including phenoxy) is 1. The zero-order valence-electron chi connectivity index (χ0n) is 16.4. The molecule has 146 valence electrons. The first-order chi connectivity index (χ1) is 13.0. The predicted octanol–water partition coefficient (Wildman–Crippen LogP) is 3.37. The van der Waals surface area contributed by atoms with Gasteiger partial charge in [0.2, 0.25) is 0 Å². The van der Waals surface area contributed by atoms with Crippen LogP contribution in [0.3, 0.4) is 0 Å². The molecule has 27 heavy (non-hydrogen) atoms. The van der Waals surface area contributed by atoms with Crippen LogP contribution < -0.4 is 0 Å². The van der Waals surface area contributed by atoms with E-state index in [4.69, 9.17) is 4.74 Å². The van der Waals surface area contributed by atoms with E-state index in [1.807, 2.05) is 23.7 Å². The summed E-state index contributed by atoms with van der Waals surface area (Å²) in [6.45, 7) is 9.77. The Bertz CT molecular complexity index is 781. The van der Waals surface area contributed by atoms with Crippen molar-refractivity contribution in [1.29, 1.82) is 0 Å². The van der Waals surface area contributed by atoms with Crippen LogP contribution in [-0.2, 0) is 30.8 Å². The average molecular weight is 371 g/mol. The zero-order valence-corrected chi connectivity index (χ0v) is 16.4. The minimum Gasteiger partial charge on any atom is -0.508 e. The molecule has 6 heteroatoms. The molecule has 0 unspecified atom stereocenters. The number of nitrogens with zero attached hydrogens (tertiary/aromatic N) is 3. The van der Waals surface area contributed by atoms with Crippen molar-refractivity contribution >= 4 is 5.97 Å². The fourth-order valence-corrected chi connectivity index (χ4v) is 3.47. The molecule has 1 aromatic carbocycles. The number of phenolic OH excluding ortho intramolecular Hbond substituents is 1. The van der Waals surface area contributed by atoms with Crippen LogP contribution in [0.15, 0.2) is 24.3 Å². The van der Waals surface area contributed by atoms with Crippen LogP contribution >= 0.6 is 0 Å². The molecule has 1 aromatic heterocycles. The molecule has 2 aromatic rings. The molecule has 2 heterocycles. The second kappa shape index (κ2) is 8.57. The van der Waals surface area contributed by atoms with Crippen LogP contribution in [0.25, 0.3) is 0 Å². The van der Waals surface area contributed by atoms with Crippen LogP contribution in [0.4, 0.5) is 0 Å². The summed E-state index contributed by atoms with van der Waals surface area (Å²) in [6, 6.07) is 7.28. The van der Waals surface area contributed by atoms with Crippen molar-refractivity contribution in [3.05, 3.63) is 46.8 Å². The van der Waals surface area contributed by atoms with E-state index in [1.54, 1.807) is 12.1 Å². The highest BCUT2D eigenvalue weighted by molar-refractivity contribution is 5.89. The van der Waals surface area contributed by atoms with E-state index in [1.165, 1.54) is 5.69 Å². The molecule has 0 bridgehead atoms. The van der Waals surface area contributed by atoms with Gasteiger partial charge in [0, 0.05) is 43.9 Å². The molecule has 0 aliphatic carbocycles. The Morgan fingerprint density at radius 2 is 2.04 bits per heavy atom. The van der Waals surface area contributed by atoms with Crippen molar-refractivity contribution in [2.24, 2.45) is 5.92 Å². The quantitative estimate of drug-likeness (QED) is 0.756. The third-order valence-electron chi connectivity index (χ3n) is 4.94. The molecule has 1 aliphatic rings. The lowest BCUT2D eigenvalue weighted by Crippen LogP contribution is -2.31. The highest BCUT2D eigenvalue weighted by Crippen LogP contribution is 2.25. The lowest BCUT2D eigenvalue weighted by atomic mass is 10.0. The Labute approximate surface area is 160 Å². The minimum absolute atomic E-state index is 0.274. The molecule has 0 saturated heterocycles. The standard InChI is InChI=1S/C21H29N3O3/c1-4-27-21(26)20-18-14-23(13-16-5-7-17(25)8-6-16)11-10-19(18)24(22-20)12-9-15(2)3/h5-8,15,25H,4,9-14H2,1-3H3. The van der Waals surface area contributed by atoms with Crippen molar-refractivity contribution < 1.29 is 14.6 Å². The molecule has 6 nitrogen and oxygen atoms in total. The highest BCUT2D eigenvalue weighted by Gasteiger charge is 2.28. The molecule has 1 N–H and O–H groups in total. The summed E-state index contributed by atoms with van der Waals surface area (Å²) in [4.78, 5) is 14.7. The number of aromatic nitrogens is 2. The molecule has 0 atom stereocenters. The SMILES string of the molecule is CCOC(=O)c1nn(CCC(C)C)c2c1CN(Cc1ccc(O)cc1)CC2. The molecule has 0 amide bonds. The number of hydrogen-bond donors (Lipinski definition) is 1. The van der Waals surface area contributed by atoms with Crippen LogP contribution in [0.2, 0.25) is 0 Å². The van der Waals surface area contributed by atoms with E-state index in [0.717, 1.165) is 43.6 Å². The van der Waals surface area contributed by atoms with Gasteiger partial charge in [-0.25, -0.2) is 4.79 Å². The molecule has 0 spiro atoms. The highest BCUT2D eigenvalue weighted by atomic mass is 16.5. The first-order valence-electron chi connectivity index (χ1n) is 9.73. The van der Waals surface area contributed by atoms with Crippen LogP contribution in [0.1, 0.15) is 54.5 Å². The lowest BCUT2D eigenvalue weighted by molar-refractivity contribution is 0.0515. The number of esters is 1. The second-order valence-electron chi connectivity index (χ2n) is 7.53. The summed E-state index contributed by atoms with van der Waals surface area (Å²) in [7, 11) is 0. The number of benzene rings is 1. The van der Waals surface area contributed by atoms with Gasteiger partial charge in [0.25, 0.3) is 0 Å². The van der Waals surface area contributed by atoms with E-state index in [-0.39, 0.29) is 11.7 Å². The smallest absolute Gasteiger partial charge is 0.359 e. The minimum atomic E-state index is -0.330. The number of phenols is 1. The number of rotatable bonds is 7. The van der Waals surface area contributed by atoms with Crippen molar-refractivity contribution in [3.63, 3.8) is 0 Å². The summed E-state index contributed by atoms with van der Waals surface area (Å²) in [6.07, 6.45) is 1.91. The first kappa shape index (κ1) is 19.4. The van der Waals surface area contributed by atoms with Crippen molar-refractivity contribution in [2.45, 2.75) is 53.2 Å². The molecule has 3 rings (SSSR count). The molecular weight excluding hydrogens is 342 g/mol. The number of hydrogen-bond acceptors (Lipinski definition) is 5. The number of fused-ring (bicyclic) bond motifs is 1. The normalized spacial score (nSPS) is 14.4. The van der Waals surface area contributed by atoms with Crippen LogP contribution in [0, 0.1) is 5.92 Å². The molecule has 1 aliphatic heterocycles. The number of aromatic hydroxyl groups is 1. The number of aryl methyl sites for hydroxylation is 1. The Balaban J connectivity index is 1.81. The van der Waals surface area contributed by atoms with Gasteiger partial charge < -0.3 is 9.84 Å². The summed E-state index contributed by atoms with van der Waals surface area (Å²) in [5.74, 6) is 0.532. The van der Waals surface area contributed by atoms with E-state index in [9.17, 15) is 9.90 Å². The topological polar surface area (TPSA) is 67.6 Å². The maximum Gasteiger partial charge on any atom is 0.359 e. The zero-order chi connectivity index (χ0) is 19.4. The third kappa shape index (κ3) is 4.69. The van der Waals surface area contributed by atoms with Gasteiger partial charge in [-0.3, -0.25) is 9.58 Å². The van der Waals surface area contributed by atoms with E-state index in [0.29, 0.717) is 24.8 Å². The van der Waals surface area contributed by atoms with E-state index >= 15 is 0 Å². The number of carbonyl (C=O) groups excluding carboxylic acids is 1. The van der Waals surface area contributed by atoms with Crippen molar-refractivity contribution in [1.82, 2.24) is 14.7 Å². The third-order valence-corrected chi connectivity index (χ3v) is 4.94. The van der Waals surface area contributed by atoms with Crippen LogP contribution in [0.5, 0.6) is 5.75 Å². The lowest BCUT2D eigenvalue weighted by Gasteiger charge is -2.27. The van der Waals surface area contributed by atoms with Gasteiger partial charge in [-0.15, -0.1) is 0 Å². The Morgan fingerprint density at radius 1 is 1.30 bits per heavy atom. The van der Waals surface area contributed by atoms with E-state index < -0.39 is 0 Å². The summed E-state index contributed by atoms with van der Waals surface area (Å²) in [5.41, 5.74) is 3.77. The largest absolute Gasteiger partial charge is 0.508 e. The summed E-state index contributed by atoms with van der Waals surface area (Å²) < 4.78 is 7.25. The van der Waals surface area contributed by atoms with Crippen LogP contribution in [-0.4, -0.2) is 38.9 Å². The van der Waals surface area contributed by atoms with Gasteiger partial charge in [-0.2, -0.15) is 5.10 Å². The predicted molar refractivity (Wildman–Crippen MR) is 104 cm³/mol. The van der Waals surface area contributed by atoms with Gasteiger partial charge in [0.1, 0.15) is 5.75 Å². The Kier molecular flexibility index (Phi) is 6.16. The fraction of sp³-hybridized carbons (Fsp3) is 0.524. The maximum absolute atomic E-state index is 12.4. The summed E-state index contributed by atoms with van der Waals surface area (Å²) in [5, 5.41) is 14.1. The van der Waals surface area contributed by atoms with Gasteiger partial charge in [0.15, 0.2) is 5.69 Å². The molecule has 0 saturated carbocycles. The molecular formula is C21H29N3O3. The van der Waals surface area contributed by atoms with Crippen molar-refractivity contribution in [3.8, 4) is 5.75 Å². The summed E-state index contributed by atoms with van der Waals surface area (Å²) >= 11 is 0. The van der Waals surface area contributed by atoms with Crippen molar-refractivity contribution in [2.75, 3.05) is 13.2 Å². The monoisotopic (exact) mass is 371 g/mol. The first-order valence-corrected chi connectivity index (χ1v) is 9.73. The maximum atomic E-state index is 12.4. The Morgan fingerprint density at radius 3 is 2.70 bits per heavy atom. The van der Waals surface area contributed by atoms with Gasteiger partial charge in [0.05, 0.1) is 6.61 Å². The molecule has 0 fully saturated rings. The van der Waals surface area contributed by atoms with E-state index in [2.05, 4.69) is 23.8 Å². The van der Waals surface area contributed by atoms with Gasteiger partial charge >= 0.3 is 5.97 Å².